The summed E-state index contributed by atoms with van der Waals surface area (Å²) in [6.45, 7) is 1.82. The third-order valence-electron chi connectivity index (χ3n) is 2.03. The zero-order valence-corrected chi connectivity index (χ0v) is 9.06. The first-order chi connectivity index (χ1) is 7.58. The van der Waals surface area contributed by atoms with Crippen LogP contribution in [0.25, 0.3) is 6.08 Å². The average Bonchev–Trinajstić information content (AvgIpc) is 2.25. The van der Waals surface area contributed by atoms with Crippen LogP contribution in [0.1, 0.15) is 21.5 Å². The van der Waals surface area contributed by atoms with Crippen molar-refractivity contribution in [3.8, 4) is 5.75 Å². The van der Waals surface area contributed by atoms with E-state index in [1.165, 1.54) is 13.2 Å². The van der Waals surface area contributed by atoms with Crippen LogP contribution in [0.5, 0.6) is 5.75 Å². The first-order valence-electron chi connectivity index (χ1n) is 4.63. The zero-order chi connectivity index (χ0) is 12.1. The van der Waals surface area contributed by atoms with E-state index in [1.807, 2.05) is 6.92 Å². The van der Waals surface area contributed by atoms with Gasteiger partial charge in [0.1, 0.15) is 5.75 Å². The SMILES string of the molecule is COc1c(C=O)cc(C)cc1/C=C/C(=O)O. The summed E-state index contributed by atoms with van der Waals surface area (Å²) in [6, 6.07) is 3.44. The number of ether oxygens (including phenoxy) is 1. The summed E-state index contributed by atoms with van der Waals surface area (Å²) in [5.41, 5.74) is 1.85. The molecule has 0 radical (unpaired) electrons. The molecule has 84 valence electrons. The van der Waals surface area contributed by atoms with E-state index in [1.54, 1.807) is 12.1 Å². The van der Waals surface area contributed by atoms with Gasteiger partial charge in [0.2, 0.25) is 0 Å². The van der Waals surface area contributed by atoms with Crippen LogP contribution in [-0.2, 0) is 4.79 Å². The molecule has 1 aromatic carbocycles. The largest absolute Gasteiger partial charge is 0.495 e. The molecule has 0 aliphatic rings. The standard InChI is InChI=1S/C12H12O4/c1-8-5-9(3-4-11(14)15)12(16-2)10(6-8)7-13/h3-7H,1-2H3,(H,14,15)/b4-3+. The fraction of sp³-hybridized carbons (Fsp3) is 0.167. The third kappa shape index (κ3) is 2.70. The lowest BCUT2D eigenvalue weighted by atomic mass is 10.0. The molecular formula is C12H12O4. The van der Waals surface area contributed by atoms with E-state index in [0.717, 1.165) is 11.6 Å². The fourth-order valence-corrected chi connectivity index (χ4v) is 1.44. The highest BCUT2D eigenvalue weighted by molar-refractivity contribution is 5.88. The first kappa shape index (κ1) is 12.0. The lowest BCUT2D eigenvalue weighted by Crippen LogP contribution is -1.95. The molecule has 0 aromatic heterocycles. The lowest BCUT2D eigenvalue weighted by molar-refractivity contribution is -0.131. The van der Waals surface area contributed by atoms with Gasteiger partial charge in [-0.2, -0.15) is 0 Å². The summed E-state index contributed by atoms with van der Waals surface area (Å²) in [4.78, 5) is 21.2. The van der Waals surface area contributed by atoms with Gasteiger partial charge in [-0.05, 0) is 30.7 Å². The molecule has 0 heterocycles. The van der Waals surface area contributed by atoms with Crippen LogP contribution >= 0.6 is 0 Å². The Labute approximate surface area is 93.2 Å². The first-order valence-corrected chi connectivity index (χ1v) is 4.63. The summed E-state index contributed by atoms with van der Waals surface area (Å²) in [7, 11) is 1.44. The molecule has 1 aromatic rings. The van der Waals surface area contributed by atoms with E-state index in [0.29, 0.717) is 23.2 Å². The molecule has 0 atom stereocenters. The molecule has 0 spiro atoms. The highest BCUT2D eigenvalue weighted by Gasteiger charge is 2.07. The molecule has 0 aliphatic heterocycles. The number of benzene rings is 1. The van der Waals surface area contributed by atoms with Crippen LogP contribution in [0, 0.1) is 6.92 Å². The van der Waals surface area contributed by atoms with Crippen molar-refractivity contribution in [2.45, 2.75) is 6.92 Å². The number of aryl methyl sites for hydroxylation is 1. The molecule has 4 nitrogen and oxygen atoms in total. The number of methoxy groups -OCH3 is 1. The summed E-state index contributed by atoms with van der Waals surface area (Å²) >= 11 is 0. The van der Waals surface area contributed by atoms with Gasteiger partial charge in [-0.25, -0.2) is 4.79 Å². The maximum atomic E-state index is 10.8. The summed E-state index contributed by atoms with van der Waals surface area (Å²) in [5.74, 6) is -0.658. The number of aliphatic carboxylic acids is 1. The number of aldehydes is 1. The minimum Gasteiger partial charge on any atom is -0.495 e. The molecule has 1 N–H and O–H groups in total. The van der Waals surface area contributed by atoms with Crippen molar-refractivity contribution in [3.63, 3.8) is 0 Å². The van der Waals surface area contributed by atoms with Gasteiger partial charge in [0, 0.05) is 11.6 Å². The van der Waals surface area contributed by atoms with Crippen molar-refractivity contribution < 1.29 is 19.4 Å². The Hall–Kier alpha value is -2.10. The normalized spacial score (nSPS) is 10.4. The number of carboxylic acid groups (broad SMARTS) is 1. The topological polar surface area (TPSA) is 63.6 Å². The molecule has 0 fully saturated rings. The van der Waals surface area contributed by atoms with Gasteiger partial charge < -0.3 is 9.84 Å². The molecule has 0 amide bonds. The summed E-state index contributed by atoms with van der Waals surface area (Å²) in [6.07, 6.45) is 3.09. The van der Waals surface area contributed by atoms with Crippen LogP contribution in [0.2, 0.25) is 0 Å². The van der Waals surface area contributed by atoms with Crippen molar-refractivity contribution >= 4 is 18.3 Å². The van der Waals surface area contributed by atoms with Crippen LogP contribution < -0.4 is 4.74 Å². The van der Waals surface area contributed by atoms with E-state index >= 15 is 0 Å². The predicted molar refractivity (Wildman–Crippen MR) is 59.8 cm³/mol. The average molecular weight is 220 g/mol. The van der Waals surface area contributed by atoms with Crippen molar-refractivity contribution in [1.82, 2.24) is 0 Å². The molecule has 0 unspecified atom stereocenters. The smallest absolute Gasteiger partial charge is 0.328 e. The van der Waals surface area contributed by atoms with E-state index in [2.05, 4.69) is 0 Å². The monoisotopic (exact) mass is 220 g/mol. The number of carbonyl (C=O) groups is 2. The predicted octanol–water partition coefficient (Wildman–Crippen LogP) is 1.91. The van der Waals surface area contributed by atoms with Crippen LogP contribution in [0.3, 0.4) is 0 Å². The van der Waals surface area contributed by atoms with Crippen molar-refractivity contribution in [3.05, 3.63) is 34.9 Å². The number of rotatable bonds is 4. The van der Waals surface area contributed by atoms with Crippen molar-refractivity contribution in [2.24, 2.45) is 0 Å². The van der Waals surface area contributed by atoms with Crippen LogP contribution in [-0.4, -0.2) is 24.5 Å². The van der Waals surface area contributed by atoms with E-state index in [9.17, 15) is 9.59 Å². The molecule has 16 heavy (non-hydrogen) atoms. The highest BCUT2D eigenvalue weighted by Crippen LogP contribution is 2.25. The Morgan fingerprint density at radius 3 is 2.50 bits per heavy atom. The van der Waals surface area contributed by atoms with E-state index < -0.39 is 5.97 Å². The molecular weight excluding hydrogens is 208 g/mol. The minimum atomic E-state index is -1.05. The lowest BCUT2D eigenvalue weighted by Gasteiger charge is -2.08. The quantitative estimate of drug-likeness (QED) is 0.622. The number of carbonyl (C=O) groups excluding carboxylic acids is 1. The second-order valence-electron chi connectivity index (χ2n) is 3.27. The number of hydrogen-bond acceptors (Lipinski definition) is 3. The van der Waals surface area contributed by atoms with Gasteiger partial charge in [-0.3, -0.25) is 4.79 Å². The van der Waals surface area contributed by atoms with Crippen LogP contribution in [0.4, 0.5) is 0 Å². The number of carboxylic acids is 1. The molecule has 0 aliphatic carbocycles. The Kier molecular flexibility index (Phi) is 3.83. The highest BCUT2D eigenvalue weighted by atomic mass is 16.5. The van der Waals surface area contributed by atoms with E-state index in [4.69, 9.17) is 9.84 Å². The molecule has 0 bridgehead atoms. The van der Waals surface area contributed by atoms with Gasteiger partial charge in [0.05, 0.1) is 12.7 Å². The summed E-state index contributed by atoms with van der Waals surface area (Å²) in [5, 5.41) is 8.54. The van der Waals surface area contributed by atoms with Gasteiger partial charge in [-0.15, -0.1) is 0 Å². The van der Waals surface area contributed by atoms with Crippen LogP contribution in [0.15, 0.2) is 18.2 Å². The second-order valence-corrected chi connectivity index (χ2v) is 3.27. The zero-order valence-electron chi connectivity index (χ0n) is 9.06. The Morgan fingerprint density at radius 2 is 2.00 bits per heavy atom. The Balaban J connectivity index is 3.30. The van der Waals surface area contributed by atoms with Gasteiger partial charge >= 0.3 is 5.97 Å². The van der Waals surface area contributed by atoms with E-state index in [-0.39, 0.29) is 0 Å². The van der Waals surface area contributed by atoms with Crippen molar-refractivity contribution in [2.75, 3.05) is 7.11 Å². The van der Waals surface area contributed by atoms with Crippen molar-refractivity contribution in [1.29, 1.82) is 0 Å². The third-order valence-corrected chi connectivity index (χ3v) is 2.03. The second kappa shape index (κ2) is 5.11. The van der Waals surface area contributed by atoms with Gasteiger partial charge in [0.15, 0.2) is 6.29 Å². The minimum absolute atomic E-state index is 0.387. The van der Waals surface area contributed by atoms with Gasteiger partial charge in [-0.1, -0.05) is 0 Å². The maximum Gasteiger partial charge on any atom is 0.328 e. The molecule has 0 saturated carbocycles. The molecule has 1 rings (SSSR count). The Morgan fingerprint density at radius 1 is 1.38 bits per heavy atom. The Bertz CT molecular complexity index is 447. The fourth-order valence-electron chi connectivity index (χ4n) is 1.44. The van der Waals surface area contributed by atoms with Gasteiger partial charge in [0.25, 0.3) is 0 Å². The molecule has 0 saturated heterocycles. The maximum absolute atomic E-state index is 10.8. The summed E-state index contributed by atoms with van der Waals surface area (Å²) < 4.78 is 5.08. The number of hydrogen-bond donors (Lipinski definition) is 1. The molecule has 4 heteroatoms.